The van der Waals surface area contributed by atoms with E-state index in [9.17, 15) is 13.2 Å². The molecule has 1 unspecified atom stereocenters. The van der Waals surface area contributed by atoms with Crippen LogP contribution in [0.1, 0.15) is 23.6 Å². The van der Waals surface area contributed by atoms with Gasteiger partial charge in [-0.2, -0.15) is 13.2 Å². The van der Waals surface area contributed by atoms with E-state index in [2.05, 4.69) is 10.1 Å². The summed E-state index contributed by atoms with van der Waals surface area (Å²) < 4.78 is 45.6. The molecule has 0 aromatic heterocycles. The van der Waals surface area contributed by atoms with Crippen molar-refractivity contribution >= 4 is 0 Å². The molecule has 21 heavy (non-hydrogen) atoms. The van der Waals surface area contributed by atoms with E-state index in [-0.39, 0.29) is 12.6 Å². The lowest BCUT2D eigenvalue weighted by atomic mass is 10.0. The Morgan fingerprint density at radius 1 is 1.14 bits per heavy atom. The normalized spacial score (nSPS) is 13.4. The molecule has 120 valence electrons. The Morgan fingerprint density at radius 2 is 1.81 bits per heavy atom. The maximum absolute atomic E-state index is 12.0. The molecule has 0 aliphatic rings. The Bertz CT molecular complexity index is 393. The predicted octanol–water partition coefficient (Wildman–Crippen LogP) is 3.11. The summed E-state index contributed by atoms with van der Waals surface area (Å²) >= 11 is 0. The molecule has 1 aromatic rings. The first-order valence-electron chi connectivity index (χ1n) is 6.86. The van der Waals surface area contributed by atoms with Crippen LogP contribution in [-0.4, -0.2) is 40.2 Å². The van der Waals surface area contributed by atoms with Crippen LogP contribution in [0.3, 0.4) is 0 Å². The van der Waals surface area contributed by atoms with Crippen molar-refractivity contribution < 1.29 is 22.6 Å². The molecule has 1 atom stereocenters. The molecular formula is C15H22F3NO2. The van der Waals surface area contributed by atoms with E-state index in [4.69, 9.17) is 4.74 Å². The molecule has 0 aliphatic heterocycles. The number of ether oxygens (including phenoxy) is 2. The van der Waals surface area contributed by atoms with Gasteiger partial charge < -0.3 is 14.8 Å². The molecule has 1 N–H and O–H groups in total. The smallest absolute Gasteiger partial charge is 0.384 e. The molecule has 3 nitrogen and oxygen atoms in total. The molecule has 0 spiro atoms. The SMILES string of the molecule is CNC(CCOCC(F)(F)F)c1ccc(CCOC)cc1. The van der Waals surface area contributed by atoms with Crippen molar-refractivity contribution in [3.05, 3.63) is 35.4 Å². The van der Waals surface area contributed by atoms with Gasteiger partial charge in [0, 0.05) is 19.8 Å². The van der Waals surface area contributed by atoms with E-state index < -0.39 is 12.8 Å². The van der Waals surface area contributed by atoms with Gasteiger partial charge in [-0.05, 0) is 31.0 Å². The topological polar surface area (TPSA) is 30.5 Å². The van der Waals surface area contributed by atoms with Gasteiger partial charge in [0.25, 0.3) is 0 Å². The quantitative estimate of drug-likeness (QED) is 0.711. The third-order valence-electron chi connectivity index (χ3n) is 3.14. The first-order chi connectivity index (χ1) is 9.96. The zero-order chi connectivity index (χ0) is 15.7. The van der Waals surface area contributed by atoms with Gasteiger partial charge in [0.2, 0.25) is 0 Å². The minimum atomic E-state index is -4.27. The van der Waals surface area contributed by atoms with Gasteiger partial charge in [-0.3, -0.25) is 0 Å². The van der Waals surface area contributed by atoms with Crippen molar-refractivity contribution in [1.82, 2.24) is 5.32 Å². The highest BCUT2D eigenvalue weighted by molar-refractivity contribution is 5.25. The Labute approximate surface area is 123 Å². The molecule has 0 aliphatic carbocycles. The highest BCUT2D eigenvalue weighted by atomic mass is 19.4. The van der Waals surface area contributed by atoms with Crippen LogP contribution in [0.2, 0.25) is 0 Å². The first kappa shape index (κ1) is 17.9. The van der Waals surface area contributed by atoms with Crippen LogP contribution in [0.25, 0.3) is 0 Å². The summed E-state index contributed by atoms with van der Waals surface area (Å²) in [5.41, 5.74) is 2.21. The maximum atomic E-state index is 12.0. The van der Waals surface area contributed by atoms with Crippen molar-refractivity contribution in [2.75, 3.05) is 34.0 Å². The minimum absolute atomic E-state index is 0.0188. The number of alkyl halides is 3. The Morgan fingerprint density at radius 3 is 2.33 bits per heavy atom. The Balaban J connectivity index is 2.44. The summed E-state index contributed by atoms with van der Waals surface area (Å²) in [6.07, 6.45) is -2.93. The van der Waals surface area contributed by atoms with Gasteiger partial charge in [-0.15, -0.1) is 0 Å². The Hall–Kier alpha value is -1.11. The number of hydrogen-bond acceptors (Lipinski definition) is 3. The summed E-state index contributed by atoms with van der Waals surface area (Å²) in [5, 5.41) is 3.09. The molecule has 6 heteroatoms. The number of halogens is 3. The summed E-state index contributed by atoms with van der Waals surface area (Å²) in [5.74, 6) is 0. The largest absolute Gasteiger partial charge is 0.411 e. The van der Waals surface area contributed by atoms with E-state index in [0.29, 0.717) is 13.0 Å². The van der Waals surface area contributed by atoms with Crippen molar-refractivity contribution in [3.63, 3.8) is 0 Å². The molecule has 0 saturated heterocycles. The van der Waals surface area contributed by atoms with Crippen molar-refractivity contribution in [2.24, 2.45) is 0 Å². The molecule has 0 bridgehead atoms. The van der Waals surface area contributed by atoms with Crippen molar-refractivity contribution in [2.45, 2.75) is 25.1 Å². The summed E-state index contributed by atoms with van der Waals surface area (Å²) in [6, 6.07) is 7.96. The molecule has 0 heterocycles. The van der Waals surface area contributed by atoms with E-state index >= 15 is 0 Å². The van der Waals surface area contributed by atoms with E-state index in [1.165, 1.54) is 5.56 Å². The number of hydrogen-bond donors (Lipinski definition) is 1. The summed E-state index contributed by atoms with van der Waals surface area (Å²) in [7, 11) is 3.44. The van der Waals surface area contributed by atoms with Gasteiger partial charge in [-0.25, -0.2) is 0 Å². The average Bonchev–Trinajstić information content (AvgIpc) is 2.45. The highest BCUT2D eigenvalue weighted by Gasteiger charge is 2.27. The second-order valence-corrected chi connectivity index (χ2v) is 4.78. The third kappa shape index (κ3) is 7.45. The fourth-order valence-electron chi connectivity index (χ4n) is 2.00. The van der Waals surface area contributed by atoms with Crippen LogP contribution in [0, 0.1) is 0 Å². The second-order valence-electron chi connectivity index (χ2n) is 4.78. The standard InChI is InChI=1S/C15H22F3NO2/c1-19-14(8-10-21-11-15(16,17)18)13-5-3-12(4-6-13)7-9-20-2/h3-6,14,19H,7-11H2,1-2H3. The maximum Gasteiger partial charge on any atom is 0.411 e. The fraction of sp³-hybridized carbons (Fsp3) is 0.600. The molecule has 0 saturated carbocycles. The second kappa shape index (κ2) is 9.02. The lowest BCUT2D eigenvalue weighted by Gasteiger charge is -2.17. The highest BCUT2D eigenvalue weighted by Crippen LogP contribution is 2.19. The summed E-state index contributed by atoms with van der Waals surface area (Å²) in [4.78, 5) is 0. The zero-order valence-electron chi connectivity index (χ0n) is 12.4. The van der Waals surface area contributed by atoms with Crippen LogP contribution < -0.4 is 5.32 Å². The van der Waals surface area contributed by atoms with Gasteiger partial charge in [-0.1, -0.05) is 24.3 Å². The van der Waals surface area contributed by atoms with Gasteiger partial charge in [0.15, 0.2) is 0 Å². The third-order valence-corrected chi connectivity index (χ3v) is 3.14. The number of rotatable bonds is 9. The van der Waals surface area contributed by atoms with Gasteiger partial charge in [0.1, 0.15) is 6.61 Å². The minimum Gasteiger partial charge on any atom is -0.384 e. The molecule has 0 radical (unpaired) electrons. The summed E-state index contributed by atoms with van der Waals surface area (Å²) in [6.45, 7) is -0.462. The molecule has 0 amide bonds. The fourth-order valence-corrected chi connectivity index (χ4v) is 2.00. The zero-order valence-corrected chi connectivity index (χ0v) is 12.4. The van der Waals surface area contributed by atoms with E-state index in [0.717, 1.165) is 12.0 Å². The average molecular weight is 305 g/mol. The van der Waals surface area contributed by atoms with Crippen LogP contribution in [0.4, 0.5) is 13.2 Å². The lowest BCUT2D eigenvalue weighted by molar-refractivity contribution is -0.174. The van der Waals surface area contributed by atoms with Gasteiger partial charge in [0.05, 0.1) is 6.61 Å². The molecule has 1 rings (SSSR count). The van der Waals surface area contributed by atoms with Gasteiger partial charge >= 0.3 is 6.18 Å². The molecule has 1 aromatic carbocycles. The van der Waals surface area contributed by atoms with Crippen LogP contribution in [0.15, 0.2) is 24.3 Å². The predicted molar refractivity (Wildman–Crippen MR) is 75.3 cm³/mol. The molecule has 0 fully saturated rings. The Kier molecular flexibility index (Phi) is 7.71. The monoisotopic (exact) mass is 305 g/mol. The van der Waals surface area contributed by atoms with Crippen molar-refractivity contribution in [1.29, 1.82) is 0 Å². The number of benzene rings is 1. The van der Waals surface area contributed by atoms with Crippen LogP contribution >= 0.6 is 0 Å². The number of nitrogens with one attached hydrogen (secondary N) is 1. The van der Waals surface area contributed by atoms with Crippen LogP contribution in [-0.2, 0) is 15.9 Å². The first-order valence-corrected chi connectivity index (χ1v) is 6.86. The lowest BCUT2D eigenvalue weighted by Crippen LogP contribution is -2.21. The van der Waals surface area contributed by atoms with Crippen molar-refractivity contribution in [3.8, 4) is 0 Å². The van der Waals surface area contributed by atoms with E-state index in [1.807, 2.05) is 24.3 Å². The van der Waals surface area contributed by atoms with E-state index in [1.54, 1.807) is 14.2 Å². The number of methoxy groups -OCH3 is 1. The van der Waals surface area contributed by atoms with Crippen LogP contribution in [0.5, 0.6) is 0 Å². The molecular weight excluding hydrogens is 283 g/mol.